The second-order valence-corrected chi connectivity index (χ2v) is 8.46. The summed E-state index contributed by atoms with van der Waals surface area (Å²) in [6.45, 7) is -0.534. The Kier molecular flexibility index (Phi) is 8.08. The Hall–Kier alpha value is -3.61. The quantitative estimate of drug-likeness (QED) is 0.161. The minimum absolute atomic E-state index is 0.284. The summed E-state index contributed by atoms with van der Waals surface area (Å²) in [5.74, 6) is -1.78. The number of hydrogen-bond donors (Lipinski definition) is 0. The zero-order valence-corrected chi connectivity index (χ0v) is 19.7. The summed E-state index contributed by atoms with van der Waals surface area (Å²) in [4.78, 5) is 0. The molecule has 4 rings (SSSR count). The predicted octanol–water partition coefficient (Wildman–Crippen LogP) is 8.49. The van der Waals surface area contributed by atoms with Crippen molar-refractivity contribution in [2.24, 2.45) is 0 Å². The van der Waals surface area contributed by atoms with E-state index in [1.165, 1.54) is 12.1 Å². The molecule has 0 saturated heterocycles. The molecule has 0 amide bonds. The molecule has 0 fully saturated rings. The standard InChI is InChI=1S/C29H25F5O2/c1-2-3-14-35-22-10-12-23(25(30)17-22)20-9-11-24-21(16-20)8-7-19(28(24)32)6-4-18-5-13-27(26(31)15-18)36-29(33)34/h5,7-13,15-17,29H,2-4,6,14H2,1H3. The normalized spacial score (nSPS) is 11.3. The SMILES string of the molecule is CCCCOc1ccc(-c2ccc3c(F)c(CCc4ccc(OC(F)F)c(F)c4)ccc3c2)c(F)c1. The molecule has 0 aliphatic rings. The lowest BCUT2D eigenvalue weighted by molar-refractivity contribution is -0.0522. The second-order valence-electron chi connectivity index (χ2n) is 8.46. The average Bonchev–Trinajstić information content (AvgIpc) is 2.85. The number of ether oxygens (including phenoxy) is 2. The van der Waals surface area contributed by atoms with E-state index in [0.717, 1.165) is 25.0 Å². The van der Waals surface area contributed by atoms with Crippen LogP contribution in [0.3, 0.4) is 0 Å². The molecular weight excluding hydrogens is 475 g/mol. The Morgan fingerprint density at radius 1 is 0.806 bits per heavy atom. The van der Waals surface area contributed by atoms with E-state index in [2.05, 4.69) is 11.7 Å². The fourth-order valence-electron chi connectivity index (χ4n) is 4.02. The van der Waals surface area contributed by atoms with Crippen LogP contribution < -0.4 is 9.47 Å². The summed E-state index contributed by atoms with van der Waals surface area (Å²) in [7, 11) is 0. The van der Waals surface area contributed by atoms with Crippen molar-refractivity contribution in [1.82, 2.24) is 0 Å². The number of unbranched alkanes of at least 4 members (excludes halogenated alkanes) is 1. The van der Waals surface area contributed by atoms with Gasteiger partial charge in [0.2, 0.25) is 0 Å². The highest BCUT2D eigenvalue weighted by atomic mass is 19.3. The van der Waals surface area contributed by atoms with Crippen LogP contribution in [0.4, 0.5) is 22.0 Å². The van der Waals surface area contributed by atoms with Gasteiger partial charge in [0.05, 0.1) is 6.61 Å². The minimum Gasteiger partial charge on any atom is -0.493 e. The molecule has 7 heteroatoms. The van der Waals surface area contributed by atoms with E-state index in [0.29, 0.717) is 51.8 Å². The van der Waals surface area contributed by atoms with Crippen LogP contribution in [0.15, 0.2) is 66.7 Å². The molecule has 0 saturated carbocycles. The van der Waals surface area contributed by atoms with E-state index in [-0.39, 0.29) is 6.42 Å². The van der Waals surface area contributed by atoms with Gasteiger partial charge in [-0.15, -0.1) is 0 Å². The number of hydrogen-bond acceptors (Lipinski definition) is 2. The fourth-order valence-corrected chi connectivity index (χ4v) is 4.02. The van der Waals surface area contributed by atoms with E-state index < -0.39 is 29.8 Å². The van der Waals surface area contributed by atoms with Crippen LogP contribution >= 0.6 is 0 Å². The number of rotatable bonds is 10. The third-order valence-corrected chi connectivity index (χ3v) is 5.95. The summed E-state index contributed by atoms with van der Waals surface area (Å²) in [6.07, 6.45) is 2.47. The van der Waals surface area contributed by atoms with Gasteiger partial charge in [-0.3, -0.25) is 0 Å². The summed E-state index contributed by atoms with van der Waals surface area (Å²) < 4.78 is 78.2. The Morgan fingerprint density at radius 3 is 2.36 bits per heavy atom. The predicted molar refractivity (Wildman–Crippen MR) is 130 cm³/mol. The molecule has 0 unspecified atom stereocenters. The molecule has 0 aromatic heterocycles. The third kappa shape index (κ3) is 5.96. The molecule has 0 atom stereocenters. The molecule has 0 N–H and O–H groups in total. The molecule has 36 heavy (non-hydrogen) atoms. The molecule has 0 radical (unpaired) electrons. The van der Waals surface area contributed by atoms with Crippen LogP contribution in [0.5, 0.6) is 11.5 Å². The van der Waals surface area contributed by atoms with Gasteiger partial charge in [-0.05, 0) is 71.7 Å². The minimum atomic E-state index is -3.11. The molecular formula is C29H25F5O2. The first kappa shape index (κ1) is 25.5. The lowest BCUT2D eigenvalue weighted by Gasteiger charge is -2.11. The van der Waals surface area contributed by atoms with Gasteiger partial charge in [-0.1, -0.05) is 43.7 Å². The van der Waals surface area contributed by atoms with E-state index in [4.69, 9.17) is 4.74 Å². The molecule has 4 aromatic rings. The van der Waals surface area contributed by atoms with Crippen molar-refractivity contribution in [3.8, 4) is 22.6 Å². The van der Waals surface area contributed by atoms with Gasteiger partial charge in [0.1, 0.15) is 17.4 Å². The maximum Gasteiger partial charge on any atom is 0.387 e. The van der Waals surface area contributed by atoms with Gasteiger partial charge < -0.3 is 9.47 Å². The van der Waals surface area contributed by atoms with Crippen LogP contribution in [0.25, 0.3) is 21.9 Å². The van der Waals surface area contributed by atoms with Gasteiger partial charge in [-0.25, -0.2) is 13.2 Å². The molecule has 0 spiro atoms. The van der Waals surface area contributed by atoms with E-state index >= 15 is 4.39 Å². The molecule has 0 aliphatic carbocycles. The van der Waals surface area contributed by atoms with Crippen molar-refractivity contribution in [2.45, 2.75) is 39.2 Å². The third-order valence-electron chi connectivity index (χ3n) is 5.95. The van der Waals surface area contributed by atoms with Crippen molar-refractivity contribution < 1.29 is 31.4 Å². The van der Waals surface area contributed by atoms with E-state index in [1.807, 2.05) is 0 Å². The largest absolute Gasteiger partial charge is 0.493 e. The number of halogens is 5. The number of alkyl halides is 2. The smallest absolute Gasteiger partial charge is 0.387 e. The van der Waals surface area contributed by atoms with Crippen LogP contribution in [0.2, 0.25) is 0 Å². The van der Waals surface area contributed by atoms with Gasteiger partial charge >= 0.3 is 6.61 Å². The van der Waals surface area contributed by atoms with Gasteiger partial charge in [-0.2, -0.15) is 8.78 Å². The Morgan fingerprint density at radius 2 is 1.64 bits per heavy atom. The zero-order chi connectivity index (χ0) is 25.7. The summed E-state index contributed by atoms with van der Waals surface area (Å²) >= 11 is 0. The highest BCUT2D eigenvalue weighted by Crippen LogP contribution is 2.31. The van der Waals surface area contributed by atoms with Crippen LogP contribution in [-0.4, -0.2) is 13.2 Å². The molecule has 0 heterocycles. The molecule has 0 aliphatic heterocycles. The lowest BCUT2D eigenvalue weighted by atomic mass is 9.97. The van der Waals surface area contributed by atoms with Crippen molar-refractivity contribution in [1.29, 1.82) is 0 Å². The first-order valence-electron chi connectivity index (χ1n) is 11.7. The zero-order valence-electron chi connectivity index (χ0n) is 19.7. The second kappa shape index (κ2) is 11.4. The Balaban J connectivity index is 1.50. The fraction of sp³-hybridized carbons (Fsp3) is 0.241. The molecule has 188 valence electrons. The van der Waals surface area contributed by atoms with Gasteiger partial charge in [0.15, 0.2) is 11.6 Å². The maximum atomic E-state index is 15.2. The van der Waals surface area contributed by atoms with Crippen molar-refractivity contribution >= 4 is 10.8 Å². The Labute approximate surface area is 206 Å². The first-order valence-corrected chi connectivity index (χ1v) is 11.7. The van der Waals surface area contributed by atoms with Crippen LogP contribution in [-0.2, 0) is 12.8 Å². The van der Waals surface area contributed by atoms with Crippen molar-refractivity contribution in [3.63, 3.8) is 0 Å². The van der Waals surface area contributed by atoms with E-state index in [9.17, 15) is 17.6 Å². The first-order chi connectivity index (χ1) is 17.4. The molecule has 0 bridgehead atoms. The Bertz CT molecular complexity index is 1350. The highest BCUT2D eigenvalue weighted by Gasteiger charge is 2.13. The summed E-state index contributed by atoms with van der Waals surface area (Å²) in [5.41, 5.74) is 1.98. The van der Waals surface area contributed by atoms with Crippen molar-refractivity contribution in [2.75, 3.05) is 6.61 Å². The van der Waals surface area contributed by atoms with Crippen LogP contribution in [0, 0.1) is 17.5 Å². The van der Waals surface area contributed by atoms with Crippen molar-refractivity contribution in [3.05, 3.63) is 95.3 Å². The van der Waals surface area contributed by atoms with Crippen LogP contribution in [0.1, 0.15) is 30.9 Å². The van der Waals surface area contributed by atoms with Gasteiger partial charge in [0.25, 0.3) is 0 Å². The monoisotopic (exact) mass is 500 g/mol. The lowest BCUT2D eigenvalue weighted by Crippen LogP contribution is -2.04. The summed E-state index contributed by atoms with van der Waals surface area (Å²) in [6, 6.07) is 16.9. The summed E-state index contributed by atoms with van der Waals surface area (Å²) in [5, 5.41) is 1.01. The maximum absolute atomic E-state index is 15.2. The molecule has 4 aromatic carbocycles. The highest BCUT2D eigenvalue weighted by molar-refractivity contribution is 5.88. The number of fused-ring (bicyclic) bond motifs is 1. The number of aryl methyl sites for hydroxylation is 2. The van der Waals surface area contributed by atoms with Gasteiger partial charge in [0, 0.05) is 17.0 Å². The van der Waals surface area contributed by atoms with E-state index in [1.54, 1.807) is 42.5 Å². The molecule has 2 nitrogen and oxygen atoms in total. The topological polar surface area (TPSA) is 18.5 Å². The average molecular weight is 501 g/mol. The number of benzene rings is 4.